The van der Waals surface area contributed by atoms with Gasteiger partial charge in [0.15, 0.2) is 0 Å². The van der Waals surface area contributed by atoms with Crippen molar-refractivity contribution in [2.24, 2.45) is 5.84 Å². The number of hydrazine groups is 1. The van der Waals surface area contributed by atoms with E-state index in [1.807, 2.05) is 12.1 Å². The lowest BCUT2D eigenvalue weighted by Gasteiger charge is -1.99. The van der Waals surface area contributed by atoms with Gasteiger partial charge in [-0.25, -0.2) is 5.84 Å². The molecule has 3 nitrogen and oxygen atoms in total. The van der Waals surface area contributed by atoms with Crippen LogP contribution in [0.1, 0.15) is 15.9 Å². The van der Waals surface area contributed by atoms with Gasteiger partial charge < -0.3 is 0 Å². The molecule has 3 N–H and O–H groups in total. The van der Waals surface area contributed by atoms with Crippen molar-refractivity contribution in [2.75, 3.05) is 0 Å². The third-order valence-electron chi connectivity index (χ3n) is 1.50. The van der Waals surface area contributed by atoms with Crippen LogP contribution in [-0.4, -0.2) is 5.91 Å². The van der Waals surface area contributed by atoms with Crippen molar-refractivity contribution in [2.45, 2.75) is 5.33 Å². The normalized spacial score (nSPS) is 9.50. The minimum absolute atomic E-state index is 0.267. The summed E-state index contributed by atoms with van der Waals surface area (Å²) in [5.74, 6) is 4.70. The van der Waals surface area contributed by atoms with E-state index in [9.17, 15) is 4.79 Å². The third kappa shape index (κ3) is 2.06. The largest absolute Gasteiger partial charge is 0.290 e. The summed E-state index contributed by atoms with van der Waals surface area (Å²) in [5.41, 5.74) is 3.77. The summed E-state index contributed by atoms with van der Waals surface area (Å²) in [4.78, 5) is 11.0. The predicted molar refractivity (Wildman–Crippen MR) is 50.7 cm³/mol. The molecular formula is C8H9BrN2O. The summed E-state index contributed by atoms with van der Waals surface area (Å²) in [7, 11) is 0. The van der Waals surface area contributed by atoms with Gasteiger partial charge in [-0.1, -0.05) is 28.1 Å². The van der Waals surface area contributed by atoms with E-state index >= 15 is 0 Å². The molecule has 0 heterocycles. The summed E-state index contributed by atoms with van der Waals surface area (Å²) >= 11 is 3.31. The van der Waals surface area contributed by atoms with E-state index < -0.39 is 0 Å². The van der Waals surface area contributed by atoms with Crippen molar-refractivity contribution in [1.82, 2.24) is 5.43 Å². The fourth-order valence-electron chi connectivity index (χ4n) is 0.829. The molecule has 0 aliphatic carbocycles. The van der Waals surface area contributed by atoms with Crippen LogP contribution in [0.3, 0.4) is 0 Å². The molecule has 0 saturated carbocycles. The van der Waals surface area contributed by atoms with Crippen molar-refractivity contribution in [3.05, 3.63) is 35.4 Å². The molecule has 1 amide bonds. The number of carbonyl (C=O) groups is 1. The molecular weight excluding hydrogens is 220 g/mol. The number of nitrogen functional groups attached to an aromatic ring is 1. The van der Waals surface area contributed by atoms with Gasteiger partial charge in [-0.05, 0) is 17.7 Å². The summed E-state index contributed by atoms with van der Waals surface area (Å²) in [5, 5.41) is 0.789. The first-order valence-corrected chi connectivity index (χ1v) is 4.56. The summed E-state index contributed by atoms with van der Waals surface area (Å²) < 4.78 is 0. The number of nitrogens with two attached hydrogens (primary N) is 1. The number of carbonyl (C=O) groups excluding carboxylic acids is 1. The van der Waals surface area contributed by atoms with E-state index in [2.05, 4.69) is 21.4 Å². The SMILES string of the molecule is NNC(=O)c1ccc(CBr)cc1. The number of nitrogens with one attached hydrogen (secondary N) is 1. The Labute approximate surface area is 79.1 Å². The molecule has 1 rings (SSSR count). The molecule has 12 heavy (non-hydrogen) atoms. The molecule has 0 bridgehead atoms. The van der Waals surface area contributed by atoms with E-state index in [4.69, 9.17) is 5.84 Å². The van der Waals surface area contributed by atoms with Gasteiger partial charge in [0.05, 0.1) is 0 Å². The first-order chi connectivity index (χ1) is 5.77. The first kappa shape index (κ1) is 9.22. The van der Waals surface area contributed by atoms with E-state index in [1.165, 1.54) is 0 Å². The van der Waals surface area contributed by atoms with Crippen LogP contribution in [0, 0.1) is 0 Å². The number of rotatable bonds is 2. The van der Waals surface area contributed by atoms with E-state index in [1.54, 1.807) is 12.1 Å². The van der Waals surface area contributed by atoms with Gasteiger partial charge >= 0.3 is 0 Å². The second-order valence-corrected chi connectivity index (χ2v) is 2.86. The predicted octanol–water partition coefficient (Wildman–Crippen LogP) is 1.18. The second-order valence-electron chi connectivity index (χ2n) is 2.30. The number of amides is 1. The minimum atomic E-state index is -0.267. The fourth-order valence-corrected chi connectivity index (χ4v) is 1.20. The Kier molecular flexibility index (Phi) is 3.25. The van der Waals surface area contributed by atoms with Gasteiger partial charge in [0.2, 0.25) is 0 Å². The van der Waals surface area contributed by atoms with Crippen LogP contribution in [0.4, 0.5) is 0 Å². The Hall–Kier alpha value is -0.870. The molecule has 4 heteroatoms. The number of halogens is 1. The first-order valence-electron chi connectivity index (χ1n) is 3.43. The van der Waals surface area contributed by atoms with Gasteiger partial charge in [0.1, 0.15) is 0 Å². The van der Waals surface area contributed by atoms with Crippen molar-refractivity contribution < 1.29 is 4.79 Å². The van der Waals surface area contributed by atoms with Crippen molar-refractivity contribution in [1.29, 1.82) is 0 Å². The number of benzene rings is 1. The molecule has 0 aliphatic rings. The molecule has 1 aromatic carbocycles. The maximum atomic E-state index is 11.0. The van der Waals surface area contributed by atoms with Gasteiger partial charge in [0.25, 0.3) is 5.91 Å². The van der Waals surface area contributed by atoms with Crippen LogP contribution in [-0.2, 0) is 5.33 Å². The lowest BCUT2D eigenvalue weighted by atomic mass is 10.1. The van der Waals surface area contributed by atoms with Gasteiger partial charge in [-0.2, -0.15) is 0 Å². The highest BCUT2D eigenvalue weighted by Gasteiger charge is 2.01. The average molecular weight is 229 g/mol. The molecule has 64 valence electrons. The highest BCUT2D eigenvalue weighted by atomic mass is 79.9. The lowest BCUT2D eigenvalue weighted by Crippen LogP contribution is -2.29. The zero-order valence-corrected chi connectivity index (χ0v) is 7.97. The van der Waals surface area contributed by atoms with Gasteiger partial charge in [-0.3, -0.25) is 10.2 Å². The highest BCUT2D eigenvalue weighted by Crippen LogP contribution is 2.07. The van der Waals surface area contributed by atoms with Crippen LogP contribution in [0.25, 0.3) is 0 Å². The van der Waals surface area contributed by atoms with Crippen LogP contribution in [0.5, 0.6) is 0 Å². The Morgan fingerprint density at radius 2 is 2.00 bits per heavy atom. The van der Waals surface area contributed by atoms with Crippen LogP contribution < -0.4 is 11.3 Å². The standard InChI is InChI=1S/C8H9BrN2O/c9-5-6-1-3-7(4-2-6)8(12)11-10/h1-4H,5,10H2,(H,11,12). The Morgan fingerprint density at radius 3 is 2.42 bits per heavy atom. The van der Waals surface area contributed by atoms with Gasteiger partial charge in [0, 0.05) is 10.9 Å². The van der Waals surface area contributed by atoms with Crippen molar-refractivity contribution in [3.8, 4) is 0 Å². The topological polar surface area (TPSA) is 55.1 Å². The molecule has 0 spiro atoms. The lowest BCUT2D eigenvalue weighted by molar-refractivity contribution is 0.0953. The maximum absolute atomic E-state index is 11.0. The zero-order chi connectivity index (χ0) is 8.97. The molecule has 0 aliphatic heterocycles. The molecule has 0 unspecified atom stereocenters. The number of hydrogen-bond acceptors (Lipinski definition) is 2. The molecule has 0 radical (unpaired) electrons. The molecule has 0 fully saturated rings. The molecule has 0 aromatic heterocycles. The molecule has 1 aromatic rings. The quantitative estimate of drug-likeness (QED) is 0.346. The monoisotopic (exact) mass is 228 g/mol. The summed E-state index contributed by atoms with van der Waals surface area (Å²) in [6.07, 6.45) is 0. The van der Waals surface area contributed by atoms with Crippen LogP contribution in [0.2, 0.25) is 0 Å². The third-order valence-corrected chi connectivity index (χ3v) is 2.15. The fraction of sp³-hybridized carbons (Fsp3) is 0.125. The number of alkyl halides is 1. The van der Waals surface area contributed by atoms with Gasteiger partial charge in [-0.15, -0.1) is 0 Å². The van der Waals surface area contributed by atoms with Crippen molar-refractivity contribution >= 4 is 21.8 Å². The summed E-state index contributed by atoms with van der Waals surface area (Å²) in [6.45, 7) is 0. The average Bonchev–Trinajstić information content (AvgIpc) is 2.17. The van der Waals surface area contributed by atoms with E-state index in [-0.39, 0.29) is 5.91 Å². The molecule has 0 saturated heterocycles. The van der Waals surface area contributed by atoms with Crippen LogP contribution in [0.15, 0.2) is 24.3 Å². The molecule has 0 atom stereocenters. The Bertz CT molecular complexity index is 271. The number of hydrogen-bond donors (Lipinski definition) is 2. The smallest absolute Gasteiger partial charge is 0.265 e. The second kappa shape index (κ2) is 4.23. The maximum Gasteiger partial charge on any atom is 0.265 e. The highest BCUT2D eigenvalue weighted by molar-refractivity contribution is 9.08. The minimum Gasteiger partial charge on any atom is -0.290 e. The van der Waals surface area contributed by atoms with E-state index in [0.717, 1.165) is 10.9 Å². The Morgan fingerprint density at radius 1 is 1.42 bits per heavy atom. The van der Waals surface area contributed by atoms with Crippen molar-refractivity contribution in [3.63, 3.8) is 0 Å². The Balaban J connectivity index is 2.84. The van der Waals surface area contributed by atoms with E-state index in [0.29, 0.717) is 5.56 Å². The summed E-state index contributed by atoms with van der Waals surface area (Å²) in [6, 6.07) is 7.22. The van der Waals surface area contributed by atoms with Crippen LogP contribution >= 0.6 is 15.9 Å². The zero-order valence-electron chi connectivity index (χ0n) is 6.38.